The molecule has 1 fully saturated rings. The number of piperidine rings is 1. The Morgan fingerprint density at radius 2 is 1.76 bits per heavy atom. The van der Waals surface area contributed by atoms with E-state index >= 15 is 0 Å². The number of aromatic nitrogens is 2. The van der Waals surface area contributed by atoms with Crippen molar-refractivity contribution in [1.82, 2.24) is 20.4 Å². The Labute approximate surface area is 224 Å². The van der Waals surface area contributed by atoms with E-state index in [0.717, 1.165) is 24.2 Å². The van der Waals surface area contributed by atoms with Gasteiger partial charge in [0.2, 0.25) is 22.7 Å². The molecule has 0 unspecified atom stereocenters. The summed E-state index contributed by atoms with van der Waals surface area (Å²) in [6, 6.07) is 15.2. The lowest BCUT2D eigenvalue weighted by Crippen LogP contribution is -2.40. The van der Waals surface area contributed by atoms with Crippen molar-refractivity contribution in [3.05, 3.63) is 64.1 Å². The van der Waals surface area contributed by atoms with Crippen LogP contribution >= 0.6 is 11.3 Å². The highest BCUT2D eigenvalue weighted by Crippen LogP contribution is 2.34. The quantitative estimate of drug-likeness (QED) is 0.451. The smallest absolute Gasteiger partial charge is 0.286 e. The van der Waals surface area contributed by atoms with Crippen LogP contribution in [0.2, 0.25) is 0 Å². The summed E-state index contributed by atoms with van der Waals surface area (Å²) in [5.74, 6) is 0.988. The second-order valence-electron chi connectivity index (χ2n) is 9.49. The van der Waals surface area contributed by atoms with Crippen LogP contribution in [-0.4, -0.2) is 59.2 Å². The van der Waals surface area contributed by atoms with Crippen molar-refractivity contribution in [1.29, 1.82) is 0 Å². The maximum Gasteiger partial charge on any atom is 0.286 e. The molecular formula is C27H29N5O5S. The van der Waals surface area contributed by atoms with Crippen LogP contribution in [0.3, 0.4) is 0 Å². The van der Waals surface area contributed by atoms with Gasteiger partial charge in [-0.3, -0.25) is 14.4 Å². The lowest BCUT2D eigenvalue weighted by molar-refractivity contribution is -0.122. The maximum absolute atomic E-state index is 13.0. The molecule has 2 aliphatic heterocycles. The zero-order chi connectivity index (χ0) is 26.5. The fourth-order valence-corrected chi connectivity index (χ4v) is 5.24. The molecular weight excluding hydrogens is 506 g/mol. The number of nitrogens with one attached hydrogen (secondary N) is 2. The molecule has 0 radical (unpaired) electrons. The molecule has 0 bridgehead atoms. The van der Waals surface area contributed by atoms with Gasteiger partial charge in [-0.2, -0.15) is 0 Å². The lowest BCUT2D eigenvalue weighted by Gasteiger charge is -2.31. The fraction of sp³-hybridized carbons (Fsp3) is 0.370. The van der Waals surface area contributed by atoms with Gasteiger partial charge in [0.15, 0.2) is 11.5 Å². The summed E-state index contributed by atoms with van der Waals surface area (Å²) in [5, 5.41) is 13.9. The zero-order valence-electron chi connectivity index (χ0n) is 21.0. The molecule has 1 saturated heterocycles. The van der Waals surface area contributed by atoms with Gasteiger partial charge in [0, 0.05) is 37.8 Å². The molecule has 3 aromatic rings. The molecule has 2 aromatic carbocycles. The van der Waals surface area contributed by atoms with Gasteiger partial charge in [-0.25, -0.2) is 0 Å². The summed E-state index contributed by atoms with van der Waals surface area (Å²) in [6.45, 7) is 3.92. The predicted octanol–water partition coefficient (Wildman–Crippen LogP) is 3.68. The molecule has 10 nitrogen and oxygen atoms in total. The van der Waals surface area contributed by atoms with Crippen LogP contribution in [-0.2, 0) is 4.79 Å². The van der Waals surface area contributed by atoms with Crippen LogP contribution < -0.4 is 20.1 Å². The Balaban J connectivity index is 1.07. The third-order valence-corrected chi connectivity index (χ3v) is 7.69. The molecule has 3 heterocycles. The number of rotatable bonds is 8. The monoisotopic (exact) mass is 535 g/mol. The molecule has 1 aromatic heterocycles. The van der Waals surface area contributed by atoms with E-state index in [1.54, 1.807) is 23.1 Å². The van der Waals surface area contributed by atoms with E-state index in [-0.39, 0.29) is 40.5 Å². The fourth-order valence-electron chi connectivity index (χ4n) is 4.54. The highest BCUT2D eigenvalue weighted by atomic mass is 32.1. The number of amides is 3. The minimum absolute atomic E-state index is 0.0415. The molecule has 1 atom stereocenters. The van der Waals surface area contributed by atoms with E-state index in [2.05, 4.69) is 39.9 Å². The Hall–Kier alpha value is -3.99. The third kappa shape index (κ3) is 6.10. The van der Waals surface area contributed by atoms with Crippen molar-refractivity contribution in [3.8, 4) is 11.5 Å². The van der Waals surface area contributed by atoms with Gasteiger partial charge in [0.1, 0.15) is 0 Å². The summed E-state index contributed by atoms with van der Waals surface area (Å²) in [4.78, 5) is 39.8. The van der Waals surface area contributed by atoms with Crippen molar-refractivity contribution < 1.29 is 23.9 Å². The van der Waals surface area contributed by atoms with E-state index in [4.69, 9.17) is 9.47 Å². The summed E-state index contributed by atoms with van der Waals surface area (Å²) in [5.41, 5.74) is 1.73. The molecule has 0 saturated carbocycles. The van der Waals surface area contributed by atoms with Crippen molar-refractivity contribution in [2.75, 3.05) is 31.7 Å². The summed E-state index contributed by atoms with van der Waals surface area (Å²) in [7, 11) is 0. The van der Waals surface area contributed by atoms with E-state index in [0.29, 0.717) is 43.2 Å². The summed E-state index contributed by atoms with van der Waals surface area (Å²) >= 11 is 0.961. The van der Waals surface area contributed by atoms with Gasteiger partial charge in [0.25, 0.3) is 11.8 Å². The first-order valence-electron chi connectivity index (χ1n) is 12.6. The van der Waals surface area contributed by atoms with E-state index in [1.807, 2.05) is 18.2 Å². The van der Waals surface area contributed by atoms with Crippen LogP contribution in [0, 0.1) is 5.92 Å². The van der Waals surface area contributed by atoms with Gasteiger partial charge in [-0.05, 0) is 42.4 Å². The maximum atomic E-state index is 13.0. The number of nitrogens with zero attached hydrogens (tertiary/aromatic N) is 3. The zero-order valence-corrected chi connectivity index (χ0v) is 21.8. The number of anilines is 1. The van der Waals surface area contributed by atoms with Crippen molar-refractivity contribution >= 4 is 34.7 Å². The minimum atomic E-state index is -0.452. The molecule has 0 aliphatic carbocycles. The number of carbonyl (C=O) groups excluding carboxylic acids is 3. The Bertz CT molecular complexity index is 1310. The van der Waals surface area contributed by atoms with Crippen LogP contribution in [0.4, 0.5) is 5.69 Å². The molecule has 5 rings (SSSR count). The number of ether oxygens (including phenoxy) is 2. The van der Waals surface area contributed by atoms with Gasteiger partial charge < -0.3 is 25.0 Å². The third-order valence-electron chi connectivity index (χ3n) is 6.78. The highest BCUT2D eigenvalue weighted by molar-refractivity contribution is 7.15. The predicted molar refractivity (Wildman–Crippen MR) is 142 cm³/mol. The number of hydrogen-bond acceptors (Lipinski definition) is 8. The Morgan fingerprint density at radius 1 is 1.03 bits per heavy atom. The second kappa shape index (κ2) is 11.6. The first-order valence-corrected chi connectivity index (χ1v) is 13.4. The Morgan fingerprint density at radius 3 is 2.55 bits per heavy atom. The van der Waals surface area contributed by atoms with Gasteiger partial charge >= 0.3 is 0 Å². The average molecular weight is 536 g/mol. The van der Waals surface area contributed by atoms with E-state index < -0.39 is 5.91 Å². The highest BCUT2D eigenvalue weighted by Gasteiger charge is 2.28. The van der Waals surface area contributed by atoms with Crippen LogP contribution in [0.15, 0.2) is 48.5 Å². The average Bonchev–Trinajstić information content (AvgIpc) is 3.62. The molecule has 198 valence electrons. The minimum Gasteiger partial charge on any atom is -0.454 e. The molecule has 38 heavy (non-hydrogen) atoms. The van der Waals surface area contributed by atoms with Crippen LogP contribution in [0.5, 0.6) is 11.5 Å². The number of carbonyl (C=O) groups is 3. The van der Waals surface area contributed by atoms with Crippen LogP contribution in [0.25, 0.3) is 0 Å². The van der Waals surface area contributed by atoms with Gasteiger partial charge in [-0.15, -0.1) is 10.2 Å². The van der Waals surface area contributed by atoms with Gasteiger partial charge in [0.05, 0.1) is 0 Å². The molecule has 2 N–H and O–H groups in total. The number of likely N-dealkylation sites (tertiary alicyclic amines) is 1. The van der Waals surface area contributed by atoms with Crippen molar-refractivity contribution in [3.63, 3.8) is 0 Å². The van der Waals surface area contributed by atoms with Crippen molar-refractivity contribution in [2.45, 2.75) is 32.1 Å². The first kappa shape index (κ1) is 25.7. The topological polar surface area (TPSA) is 123 Å². The summed E-state index contributed by atoms with van der Waals surface area (Å²) in [6.07, 6.45) is 1.93. The molecule has 2 aliphatic rings. The summed E-state index contributed by atoms with van der Waals surface area (Å²) < 4.78 is 10.6. The molecule has 3 amide bonds. The van der Waals surface area contributed by atoms with E-state index in [1.165, 1.54) is 5.56 Å². The first-order chi connectivity index (χ1) is 18.5. The Kier molecular flexibility index (Phi) is 7.83. The van der Waals surface area contributed by atoms with E-state index in [9.17, 15) is 14.4 Å². The van der Waals surface area contributed by atoms with Crippen LogP contribution in [0.1, 0.15) is 57.3 Å². The van der Waals surface area contributed by atoms with Crippen molar-refractivity contribution in [2.24, 2.45) is 5.92 Å². The lowest BCUT2D eigenvalue weighted by atomic mass is 9.93. The number of benzene rings is 2. The SMILES string of the molecule is C[C@@H](CNC(=O)CC1CCN(C(=O)c2nnc(C(=O)Nc3ccc4c(c3)OCO4)s2)CC1)c1ccccc1. The number of fused-ring (bicyclic) bond motifs is 1. The second-order valence-corrected chi connectivity index (χ2v) is 10.5. The normalized spacial score (nSPS) is 15.7. The number of hydrogen-bond donors (Lipinski definition) is 2. The van der Waals surface area contributed by atoms with Gasteiger partial charge in [-0.1, -0.05) is 48.6 Å². The molecule has 0 spiro atoms. The molecule has 11 heteroatoms. The largest absolute Gasteiger partial charge is 0.454 e. The standard InChI is InChI=1S/C27H29N5O5S/c1-17(19-5-3-2-4-6-19)15-28-23(33)13-18-9-11-32(12-10-18)27(35)26-31-30-25(38-26)24(34)29-20-7-8-21-22(14-20)37-16-36-21/h2-8,14,17-18H,9-13,15-16H2,1H3,(H,28,33)(H,29,34)/t17-/m0/s1.